The number of carbonyl (C=O) groups is 1. The maximum atomic E-state index is 11.6. The van der Waals surface area contributed by atoms with Gasteiger partial charge in [0.1, 0.15) is 5.56 Å². The van der Waals surface area contributed by atoms with Crippen molar-refractivity contribution in [3.8, 4) is 0 Å². The minimum atomic E-state index is -0.693. The predicted octanol–water partition coefficient (Wildman–Crippen LogP) is 3.37. The maximum absolute atomic E-state index is 11.6. The Morgan fingerprint density at radius 1 is 1.43 bits per heavy atom. The number of hydrogen-bond donors (Lipinski definition) is 1. The maximum Gasteiger partial charge on any atom is 0.344 e. The highest BCUT2D eigenvalue weighted by molar-refractivity contribution is 5.95. The molecule has 0 amide bonds. The lowest BCUT2D eigenvalue weighted by Crippen LogP contribution is -2.09. The molecule has 0 aliphatic heterocycles. The minimum absolute atomic E-state index is 0.0200. The van der Waals surface area contributed by atoms with Crippen LogP contribution >= 0.6 is 0 Å². The van der Waals surface area contributed by atoms with Gasteiger partial charge in [0.25, 0.3) is 5.69 Å². The van der Waals surface area contributed by atoms with Crippen molar-refractivity contribution in [2.75, 3.05) is 19.0 Å². The molecular formula is C15H20N2O4. The number of nitro groups is 1. The molecule has 21 heavy (non-hydrogen) atoms. The van der Waals surface area contributed by atoms with E-state index in [1.807, 2.05) is 0 Å². The minimum Gasteiger partial charge on any atom is -0.465 e. The third kappa shape index (κ3) is 3.93. The molecule has 1 saturated carbocycles. The molecule has 1 aromatic carbocycles. The monoisotopic (exact) mass is 292 g/mol. The van der Waals surface area contributed by atoms with Crippen LogP contribution in [0.25, 0.3) is 0 Å². The second-order valence-electron chi connectivity index (χ2n) is 5.35. The third-order valence-electron chi connectivity index (χ3n) is 3.96. The lowest BCUT2D eigenvalue weighted by atomic mass is 10.0. The molecule has 1 aliphatic carbocycles. The summed E-state index contributed by atoms with van der Waals surface area (Å²) in [5, 5.41) is 14.1. The molecule has 0 saturated heterocycles. The molecule has 0 bridgehead atoms. The number of anilines is 1. The Morgan fingerprint density at radius 2 is 2.14 bits per heavy atom. The summed E-state index contributed by atoms with van der Waals surface area (Å²) in [6, 6.07) is 4.45. The Labute approximate surface area is 123 Å². The van der Waals surface area contributed by atoms with Crippen LogP contribution in [0.4, 0.5) is 11.4 Å². The van der Waals surface area contributed by atoms with Crippen LogP contribution in [0.1, 0.15) is 42.5 Å². The molecular weight excluding hydrogens is 272 g/mol. The van der Waals surface area contributed by atoms with E-state index in [0.29, 0.717) is 5.69 Å². The largest absolute Gasteiger partial charge is 0.465 e. The summed E-state index contributed by atoms with van der Waals surface area (Å²) in [6.07, 6.45) is 6.29. The van der Waals surface area contributed by atoms with Gasteiger partial charge in [-0.3, -0.25) is 10.1 Å². The number of esters is 1. The van der Waals surface area contributed by atoms with Crippen molar-refractivity contribution in [2.24, 2.45) is 5.92 Å². The highest BCUT2D eigenvalue weighted by Gasteiger charge is 2.21. The van der Waals surface area contributed by atoms with E-state index in [4.69, 9.17) is 0 Å². The Kier molecular flexibility index (Phi) is 5.14. The Hall–Kier alpha value is -2.11. The van der Waals surface area contributed by atoms with E-state index in [1.165, 1.54) is 44.9 Å². The van der Waals surface area contributed by atoms with Gasteiger partial charge in [-0.1, -0.05) is 25.7 Å². The SMILES string of the molecule is COC(=O)c1cc(NCCC2CCCC2)ccc1[N+](=O)[O-]. The normalized spacial score (nSPS) is 14.9. The molecule has 1 fully saturated rings. The van der Waals surface area contributed by atoms with E-state index in [9.17, 15) is 14.9 Å². The number of benzene rings is 1. The molecule has 0 unspecified atom stereocenters. The first-order chi connectivity index (χ1) is 10.1. The number of nitrogens with one attached hydrogen (secondary N) is 1. The van der Waals surface area contributed by atoms with Crippen LogP contribution in [0.3, 0.4) is 0 Å². The number of nitro benzene ring substituents is 1. The van der Waals surface area contributed by atoms with Crippen molar-refractivity contribution in [1.82, 2.24) is 0 Å². The quantitative estimate of drug-likeness (QED) is 0.494. The number of hydrogen-bond acceptors (Lipinski definition) is 5. The van der Waals surface area contributed by atoms with Gasteiger partial charge in [0.15, 0.2) is 0 Å². The van der Waals surface area contributed by atoms with E-state index in [1.54, 1.807) is 6.07 Å². The second-order valence-corrected chi connectivity index (χ2v) is 5.35. The molecule has 2 rings (SSSR count). The lowest BCUT2D eigenvalue weighted by Gasteiger charge is -2.11. The van der Waals surface area contributed by atoms with Gasteiger partial charge in [-0.2, -0.15) is 0 Å². The Balaban J connectivity index is 2.02. The van der Waals surface area contributed by atoms with Crippen LogP contribution in [-0.4, -0.2) is 24.5 Å². The summed E-state index contributed by atoms with van der Waals surface area (Å²) in [5.74, 6) is 0.0803. The summed E-state index contributed by atoms with van der Waals surface area (Å²) in [7, 11) is 1.21. The van der Waals surface area contributed by atoms with Gasteiger partial charge in [0.05, 0.1) is 12.0 Å². The van der Waals surface area contributed by atoms with E-state index < -0.39 is 10.9 Å². The fraction of sp³-hybridized carbons (Fsp3) is 0.533. The number of nitrogens with zero attached hydrogens (tertiary/aromatic N) is 1. The molecule has 1 aromatic rings. The van der Waals surface area contributed by atoms with Gasteiger partial charge < -0.3 is 10.1 Å². The van der Waals surface area contributed by atoms with E-state index >= 15 is 0 Å². The standard InChI is InChI=1S/C15H20N2O4/c1-21-15(18)13-10-12(6-7-14(13)17(19)20)16-9-8-11-4-2-3-5-11/h6-7,10-11,16H,2-5,8-9H2,1H3. The van der Waals surface area contributed by atoms with Crippen molar-refractivity contribution in [1.29, 1.82) is 0 Å². The van der Waals surface area contributed by atoms with Crippen LogP contribution in [0.2, 0.25) is 0 Å². The molecule has 1 N–H and O–H groups in total. The van der Waals surface area contributed by atoms with Crippen molar-refractivity contribution in [3.63, 3.8) is 0 Å². The van der Waals surface area contributed by atoms with E-state index in [0.717, 1.165) is 18.9 Å². The van der Waals surface area contributed by atoms with E-state index in [-0.39, 0.29) is 11.3 Å². The summed E-state index contributed by atoms with van der Waals surface area (Å²) in [6.45, 7) is 0.809. The van der Waals surface area contributed by atoms with Crippen molar-refractivity contribution in [2.45, 2.75) is 32.1 Å². The van der Waals surface area contributed by atoms with Gasteiger partial charge in [-0.05, 0) is 24.5 Å². The molecule has 0 spiro atoms. The van der Waals surface area contributed by atoms with Crippen molar-refractivity contribution >= 4 is 17.3 Å². The van der Waals surface area contributed by atoms with Crippen LogP contribution in [-0.2, 0) is 4.74 Å². The van der Waals surface area contributed by atoms with Gasteiger partial charge >= 0.3 is 5.97 Å². The second kappa shape index (κ2) is 7.06. The Bertz CT molecular complexity index is 524. The van der Waals surface area contributed by atoms with E-state index in [2.05, 4.69) is 10.1 Å². The smallest absolute Gasteiger partial charge is 0.344 e. The lowest BCUT2D eigenvalue weighted by molar-refractivity contribution is -0.385. The van der Waals surface area contributed by atoms with Crippen LogP contribution in [0, 0.1) is 16.0 Å². The molecule has 0 atom stereocenters. The number of methoxy groups -OCH3 is 1. The van der Waals surface area contributed by atoms with Gasteiger partial charge in [-0.15, -0.1) is 0 Å². The summed E-state index contributed by atoms with van der Waals surface area (Å²) < 4.78 is 4.60. The van der Waals surface area contributed by atoms with Gasteiger partial charge in [-0.25, -0.2) is 4.79 Å². The fourth-order valence-corrected chi connectivity index (χ4v) is 2.80. The predicted molar refractivity (Wildman–Crippen MR) is 79.5 cm³/mol. The average molecular weight is 292 g/mol. The number of carbonyl (C=O) groups excluding carboxylic acids is 1. The molecule has 6 heteroatoms. The van der Waals surface area contributed by atoms with Crippen LogP contribution in [0.15, 0.2) is 18.2 Å². The summed E-state index contributed by atoms with van der Waals surface area (Å²) >= 11 is 0. The first-order valence-corrected chi connectivity index (χ1v) is 7.22. The zero-order valence-electron chi connectivity index (χ0n) is 12.1. The molecule has 114 valence electrons. The number of ether oxygens (including phenoxy) is 1. The zero-order valence-corrected chi connectivity index (χ0v) is 12.1. The average Bonchev–Trinajstić information content (AvgIpc) is 2.99. The molecule has 0 radical (unpaired) electrons. The van der Waals surface area contributed by atoms with Crippen LogP contribution < -0.4 is 5.32 Å². The Morgan fingerprint density at radius 3 is 2.76 bits per heavy atom. The zero-order chi connectivity index (χ0) is 15.2. The highest BCUT2D eigenvalue weighted by Crippen LogP contribution is 2.28. The summed E-state index contributed by atoms with van der Waals surface area (Å²) in [4.78, 5) is 22.0. The molecule has 1 aliphatic rings. The molecule has 0 aromatic heterocycles. The van der Waals surface area contributed by atoms with Crippen molar-refractivity contribution < 1.29 is 14.5 Å². The topological polar surface area (TPSA) is 81.5 Å². The fourth-order valence-electron chi connectivity index (χ4n) is 2.80. The molecule has 6 nitrogen and oxygen atoms in total. The van der Waals surface area contributed by atoms with Crippen LogP contribution in [0.5, 0.6) is 0 Å². The molecule has 0 heterocycles. The highest BCUT2D eigenvalue weighted by atomic mass is 16.6. The van der Waals surface area contributed by atoms with Gasteiger partial charge in [0.2, 0.25) is 0 Å². The van der Waals surface area contributed by atoms with Crippen molar-refractivity contribution in [3.05, 3.63) is 33.9 Å². The first-order valence-electron chi connectivity index (χ1n) is 7.22. The number of rotatable bonds is 6. The van der Waals surface area contributed by atoms with Gasteiger partial charge in [0, 0.05) is 18.3 Å². The third-order valence-corrected chi connectivity index (χ3v) is 3.96. The summed E-state index contributed by atoms with van der Waals surface area (Å²) in [5.41, 5.74) is 0.454. The first kappa shape index (κ1) is 15.3.